The van der Waals surface area contributed by atoms with E-state index in [1.807, 2.05) is 0 Å². The van der Waals surface area contributed by atoms with Crippen LogP contribution in [0.5, 0.6) is 0 Å². The van der Waals surface area contributed by atoms with Crippen LogP contribution >= 0.6 is 12.2 Å². The van der Waals surface area contributed by atoms with Crippen molar-refractivity contribution in [1.82, 2.24) is 5.32 Å². The van der Waals surface area contributed by atoms with Gasteiger partial charge in [-0.2, -0.15) is 0 Å². The summed E-state index contributed by atoms with van der Waals surface area (Å²) in [4.78, 5) is 22.6. The Labute approximate surface area is 135 Å². The van der Waals surface area contributed by atoms with Crippen LogP contribution < -0.4 is 10.6 Å². The molecule has 1 aromatic rings. The van der Waals surface area contributed by atoms with Gasteiger partial charge in [0, 0.05) is 18.7 Å². The smallest absolute Gasteiger partial charge is 0.338 e. The monoisotopic (exact) mass is 324 g/mol. The SMILES string of the molecule is CCOC(=O)c1cccc(NC(=S)NCCCC(=O)OC)c1. The van der Waals surface area contributed by atoms with Gasteiger partial charge in [0.2, 0.25) is 0 Å². The van der Waals surface area contributed by atoms with Gasteiger partial charge < -0.3 is 20.1 Å². The number of rotatable bonds is 7. The van der Waals surface area contributed by atoms with Crippen LogP contribution in [0.3, 0.4) is 0 Å². The van der Waals surface area contributed by atoms with E-state index in [4.69, 9.17) is 17.0 Å². The molecule has 0 bridgehead atoms. The third-order valence-corrected chi connectivity index (χ3v) is 2.95. The Morgan fingerprint density at radius 3 is 2.77 bits per heavy atom. The summed E-state index contributed by atoms with van der Waals surface area (Å²) >= 11 is 5.15. The Kier molecular flexibility index (Phi) is 7.91. The fraction of sp³-hybridized carbons (Fsp3) is 0.400. The minimum Gasteiger partial charge on any atom is -0.469 e. The van der Waals surface area contributed by atoms with Gasteiger partial charge in [0.1, 0.15) is 0 Å². The number of hydrogen-bond acceptors (Lipinski definition) is 5. The Bertz CT molecular complexity index is 534. The number of nitrogens with one attached hydrogen (secondary N) is 2. The maximum Gasteiger partial charge on any atom is 0.338 e. The molecule has 0 heterocycles. The molecule has 0 radical (unpaired) electrons. The lowest BCUT2D eigenvalue weighted by Crippen LogP contribution is -2.29. The lowest BCUT2D eigenvalue weighted by molar-refractivity contribution is -0.140. The zero-order valence-corrected chi connectivity index (χ0v) is 13.5. The second-order valence-electron chi connectivity index (χ2n) is 4.36. The standard InChI is InChI=1S/C15H20N2O4S/c1-3-21-14(19)11-6-4-7-12(10-11)17-15(22)16-9-5-8-13(18)20-2/h4,6-7,10H,3,5,8-9H2,1-2H3,(H2,16,17,22). The fourth-order valence-corrected chi connectivity index (χ4v) is 1.87. The third-order valence-electron chi connectivity index (χ3n) is 2.70. The van der Waals surface area contributed by atoms with E-state index in [-0.39, 0.29) is 11.9 Å². The number of methoxy groups -OCH3 is 1. The van der Waals surface area contributed by atoms with Crippen LogP contribution in [0.1, 0.15) is 30.1 Å². The Morgan fingerprint density at radius 2 is 2.09 bits per heavy atom. The molecule has 0 aliphatic rings. The average molecular weight is 324 g/mol. The summed E-state index contributed by atoms with van der Waals surface area (Å²) in [6.07, 6.45) is 0.960. The zero-order valence-electron chi connectivity index (χ0n) is 12.7. The molecule has 0 spiro atoms. The molecule has 22 heavy (non-hydrogen) atoms. The number of anilines is 1. The van der Waals surface area contributed by atoms with Crippen LogP contribution in [-0.4, -0.2) is 37.3 Å². The van der Waals surface area contributed by atoms with Crippen molar-refractivity contribution >= 4 is 35.0 Å². The Hall–Kier alpha value is -2.15. The molecule has 0 aliphatic heterocycles. The largest absolute Gasteiger partial charge is 0.469 e. The van der Waals surface area contributed by atoms with Crippen molar-refractivity contribution < 1.29 is 19.1 Å². The summed E-state index contributed by atoms with van der Waals surface area (Å²) < 4.78 is 9.49. The van der Waals surface area contributed by atoms with Gasteiger partial charge >= 0.3 is 11.9 Å². The van der Waals surface area contributed by atoms with E-state index in [0.717, 1.165) is 0 Å². The van der Waals surface area contributed by atoms with Crippen LogP contribution in [0.4, 0.5) is 5.69 Å². The first-order valence-corrected chi connectivity index (χ1v) is 7.36. The van der Waals surface area contributed by atoms with Crippen LogP contribution in [0, 0.1) is 0 Å². The summed E-state index contributed by atoms with van der Waals surface area (Å²) in [6, 6.07) is 6.88. The van der Waals surface area contributed by atoms with Crippen molar-refractivity contribution in [2.24, 2.45) is 0 Å². The number of carbonyl (C=O) groups excluding carboxylic acids is 2. The van der Waals surface area contributed by atoms with E-state index in [1.165, 1.54) is 7.11 Å². The van der Waals surface area contributed by atoms with E-state index in [2.05, 4.69) is 15.4 Å². The minimum atomic E-state index is -0.372. The topological polar surface area (TPSA) is 76.7 Å². The predicted octanol–water partition coefficient (Wildman–Crippen LogP) is 2.10. The number of carbonyl (C=O) groups is 2. The summed E-state index contributed by atoms with van der Waals surface area (Å²) in [7, 11) is 1.36. The minimum absolute atomic E-state index is 0.247. The average Bonchev–Trinajstić information content (AvgIpc) is 2.51. The number of hydrogen-bond donors (Lipinski definition) is 2. The van der Waals surface area contributed by atoms with Gasteiger partial charge in [-0.1, -0.05) is 6.07 Å². The summed E-state index contributed by atoms with van der Waals surface area (Å²) in [5, 5.41) is 6.38. The van der Waals surface area contributed by atoms with Gasteiger partial charge in [-0.05, 0) is 43.8 Å². The van der Waals surface area contributed by atoms with Crippen LogP contribution in [0.25, 0.3) is 0 Å². The second-order valence-corrected chi connectivity index (χ2v) is 4.77. The van der Waals surface area contributed by atoms with E-state index in [9.17, 15) is 9.59 Å². The molecule has 1 aromatic carbocycles. The van der Waals surface area contributed by atoms with Crippen molar-refractivity contribution in [2.45, 2.75) is 19.8 Å². The second kappa shape index (κ2) is 9.73. The number of esters is 2. The molecule has 1 rings (SSSR count). The van der Waals surface area contributed by atoms with Crippen molar-refractivity contribution in [3.63, 3.8) is 0 Å². The summed E-state index contributed by atoms with van der Waals surface area (Å²) in [5.74, 6) is -0.620. The molecule has 0 saturated heterocycles. The van der Waals surface area contributed by atoms with Crippen LogP contribution in [0.15, 0.2) is 24.3 Å². The normalized spacial score (nSPS) is 9.73. The molecule has 0 atom stereocenters. The maximum absolute atomic E-state index is 11.6. The Balaban J connectivity index is 2.42. The highest BCUT2D eigenvalue weighted by molar-refractivity contribution is 7.80. The van der Waals surface area contributed by atoms with Crippen molar-refractivity contribution in [3.05, 3.63) is 29.8 Å². The fourth-order valence-electron chi connectivity index (χ4n) is 1.65. The lowest BCUT2D eigenvalue weighted by atomic mass is 10.2. The third kappa shape index (κ3) is 6.53. The van der Waals surface area contributed by atoms with E-state index < -0.39 is 0 Å². The van der Waals surface area contributed by atoms with Gasteiger partial charge in [0.25, 0.3) is 0 Å². The molecule has 120 valence electrons. The molecule has 2 N–H and O–H groups in total. The molecule has 6 nitrogen and oxygen atoms in total. The highest BCUT2D eigenvalue weighted by Gasteiger charge is 2.07. The van der Waals surface area contributed by atoms with Crippen molar-refractivity contribution in [3.8, 4) is 0 Å². The lowest BCUT2D eigenvalue weighted by Gasteiger charge is -2.11. The van der Waals surface area contributed by atoms with Crippen molar-refractivity contribution in [1.29, 1.82) is 0 Å². The highest BCUT2D eigenvalue weighted by Crippen LogP contribution is 2.11. The van der Waals surface area contributed by atoms with Gasteiger partial charge in [-0.15, -0.1) is 0 Å². The molecule has 0 aromatic heterocycles. The summed E-state index contributed by atoms with van der Waals surface area (Å²) in [5.41, 5.74) is 1.15. The molecule has 0 saturated carbocycles. The zero-order chi connectivity index (χ0) is 16.4. The molecule has 0 aliphatic carbocycles. The summed E-state index contributed by atoms with van der Waals surface area (Å²) in [6.45, 7) is 2.64. The van der Waals surface area contributed by atoms with E-state index in [0.29, 0.717) is 42.4 Å². The van der Waals surface area contributed by atoms with Gasteiger partial charge in [0.05, 0.1) is 19.3 Å². The van der Waals surface area contributed by atoms with Crippen LogP contribution in [0.2, 0.25) is 0 Å². The predicted molar refractivity (Wildman–Crippen MR) is 87.9 cm³/mol. The first-order chi connectivity index (χ1) is 10.6. The maximum atomic E-state index is 11.6. The van der Waals surface area contributed by atoms with Gasteiger partial charge in [0.15, 0.2) is 5.11 Å². The number of benzene rings is 1. The molecule has 0 unspecified atom stereocenters. The highest BCUT2D eigenvalue weighted by atomic mass is 32.1. The molecule has 0 amide bonds. The first-order valence-electron chi connectivity index (χ1n) is 6.95. The molecule has 7 heteroatoms. The molecule has 0 fully saturated rings. The van der Waals surface area contributed by atoms with Gasteiger partial charge in [-0.25, -0.2) is 4.79 Å². The quantitative estimate of drug-likeness (QED) is 0.452. The molecular weight excluding hydrogens is 304 g/mol. The van der Waals surface area contributed by atoms with Gasteiger partial charge in [-0.3, -0.25) is 4.79 Å². The van der Waals surface area contributed by atoms with E-state index in [1.54, 1.807) is 31.2 Å². The van der Waals surface area contributed by atoms with E-state index >= 15 is 0 Å². The van der Waals surface area contributed by atoms with Crippen LogP contribution in [-0.2, 0) is 14.3 Å². The number of thiocarbonyl (C=S) groups is 1. The number of ether oxygens (including phenoxy) is 2. The van der Waals surface area contributed by atoms with Crippen molar-refractivity contribution in [2.75, 3.05) is 25.6 Å². The first kappa shape index (κ1) is 17.9. The molecular formula is C15H20N2O4S. The Morgan fingerprint density at radius 1 is 1.32 bits per heavy atom.